The quantitative estimate of drug-likeness (QED) is 0.875. The molecule has 0 aliphatic carbocycles. The minimum atomic E-state index is 0.480. The molecule has 0 bridgehead atoms. The fourth-order valence-corrected chi connectivity index (χ4v) is 2.18. The Labute approximate surface area is 103 Å². The van der Waals surface area contributed by atoms with E-state index >= 15 is 0 Å². The van der Waals surface area contributed by atoms with Crippen molar-refractivity contribution in [3.63, 3.8) is 0 Å². The lowest BCUT2D eigenvalue weighted by Gasteiger charge is -2.16. The van der Waals surface area contributed by atoms with Crippen LogP contribution in [0.25, 0.3) is 0 Å². The van der Waals surface area contributed by atoms with Crippen LogP contribution in [0.2, 0.25) is 0 Å². The van der Waals surface area contributed by atoms with Gasteiger partial charge in [0.05, 0.1) is 13.2 Å². The maximum Gasteiger partial charge on any atom is 0.161 e. The van der Waals surface area contributed by atoms with E-state index in [1.54, 1.807) is 0 Å². The number of hydrogen-bond donors (Lipinski definition) is 1. The lowest BCUT2D eigenvalue weighted by atomic mass is 9.94. The summed E-state index contributed by atoms with van der Waals surface area (Å²) in [4.78, 5) is 0. The van der Waals surface area contributed by atoms with Crippen LogP contribution in [0.15, 0.2) is 12.1 Å². The van der Waals surface area contributed by atoms with Crippen molar-refractivity contribution in [3.8, 4) is 11.5 Å². The number of nitrogens with two attached hydrogens (primary N) is 1. The molecule has 1 heterocycles. The van der Waals surface area contributed by atoms with Gasteiger partial charge in [-0.05, 0) is 42.1 Å². The van der Waals surface area contributed by atoms with Crippen molar-refractivity contribution in [1.82, 2.24) is 0 Å². The van der Waals surface area contributed by atoms with Gasteiger partial charge in [0.2, 0.25) is 0 Å². The fraction of sp³-hybridized carbons (Fsp3) is 0.571. The molecule has 0 radical (unpaired) electrons. The third kappa shape index (κ3) is 2.72. The van der Waals surface area contributed by atoms with Crippen LogP contribution in [-0.4, -0.2) is 19.8 Å². The number of fused-ring (bicyclic) bond motifs is 1. The summed E-state index contributed by atoms with van der Waals surface area (Å²) in [5, 5.41) is 0. The van der Waals surface area contributed by atoms with Crippen molar-refractivity contribution in [2.24, 2.45) is 5.73 Å². The van der Waals surface area contributed by atoms with E-state index in [-0.39, 0.29) is 0 Å². The lowest BCUT2D eigenvalue weighted by Crippen LogP contribution is -2.07. The molecule has 1 aliphatic rings. The van der Waals surface area contributed by atoms with Gasteiger partial charge in [-0.3, -0.25) is 0 Å². The van der Waals surface area contributed by atoms with Gasteiger partial charge in [-0.1, -0.05) is 13.8 Å². The summed E-state index contributed by atoms with van der Waals surface area (Å²) in [6.07, 6.45) is 1.84. The van der Waals surface area contributed by atoms with Crippen molar-refractivity contribution in [1.29, 1.82) is 0 Å². The highest BCUT2D eigenvalue weighted by molar-refractivity contribution is 5.49. The Balaban J connectivity index is 2.41. The summed E-state index contributed by atoms with van der Waals surface area (Å²) in [6.45, 7) is 6.52. The van der Waals surface area contributed by atoms with Gasteiger partial charge in [0.15, 0.2) is 11.5 Å². The minimum absolute atomic E-state index is 0.480. The Hall–Kier alpha value is -1.22. The Bertz CT molecular complexity index is 388. The van der Waals surface area contributed by atoms with Gasteiger partial charge >= 0.3 is 0 Å². The predicted octanol–water partition coefficient (Wildman–Crippen LogP) is 2.47. The standard InChI is InChI=1S/C14H21NO2/c1-10(2)12-9-14-13(8-11(12)4-5-15)16-6-3-7-17-14/h8-10H,3-7,15H2,1-2H3. The largest absolute Gasteiger partial charge is 0.490 e. The maximum absolute atomic E-state index is 5.72. The second-order valence-electron chi connectivity index (χ2n) is 4.74. The molecule has 94 valence electrons. The van der Waals surface area contributed by atoms with Gasteiger partial charge < -0.3 is 15.2 Å². The van der Waals surface area contributed by atoms with Crippen LogP contribution in [0.4, 0.5) is 0 Å². The summed E-state index contributed by atoms with van der Waals surface area (Å²) >= 11 is 0. The number of hydrogen-bond acceptors (Lipinski definition) is 3. The molecule has 2 rings (SSSR count). The molecule has 0 saturated carbocycles. The molecule has 3 nitrogen and oxygen atoms in total. The van der Waals surface area contributed by atoms with Crippen LogP contribution in [0.3, 0.4) is 0 Å². The zero-order chi connectivity index (χ0) is 12.3. The van der Waals surface area contributed by atoms with Crippen molar-refractivity contribution in [3.05, 3.63) is 23.3 Å². The van der Waals surface area contributed by atoms with Crippen LogP contribution in [-0.2, 0) is 6.42 Å². The van der Waals surface area contributed by atoms with E-state index < -0.39 is 0 Å². The first kappa shape index (κ1) is 12.2. The van der Waals surface area contributed by atoms with E-state index in [1.807, 2.05) is 0 Å². The smallest absolute Gasteiger partial charge is 0.161 e. The Morgan fingerprint density at radius 2 is 1.82 bits per heavy atom. The maximum atomic E-state index is 5.72. The molecule has 0 unspecified atom stereocenters. The summed E-state index contributed by atoms with van der Waals surface area (Å²) < 4.78 is 11.4. The average Bonchev–Trinajstić information content (AvgIpc) is 2.52. The highest BCUT2D eigenvalue weighted by atomic mass is 16.5. The minimum Gasteiger partial charge on any atom is -0.490 e. The van der Waals surface area contributed by atoms with Gasteiger partial charge in [-0.2, -0.15) is 0 Å². The molecular formula is C14H21NO2. The molecule has 0 amide bonds. The monoisotopic (exact) mass is 235 g/mol. The van der Waals surface area contributed by atoms with E-state index in [4.69, 9.17) is 15.2 Å². The molecule has 1 aliphatic heterocycles. The fourth-order valence-electron chi connectivity index (χ4n) is 2.18. The van der Waals surface area contributed by atoms with Crippen molar-refractivity contribution < 1.29 is 9.47 Å². The first-order valence-electron chi connectivity index (χ1n) is 6.35. The van der Waals surface area contributed by atoms with Gasteiger partial charge in [-0.15, -0.1) is 0 Å². The Morgan fingerprint density at radius 1 is 1.18 bits per heavy atom. The first-order chi connectivity index (χ1) is 8.22. The van der Waals surface area contributed by atoms with Crippen molar-refractivity contribution in [2.75, 3.05) is 19.8 Å². The molecule has 0 spiro atoms. The zero-order valence-corrected chi connectivity index (χ0v) is 10.7. The van der Waals surface area contributed by atoms with E-state index in [0.717, 1.165) is 37.6 Å². The van der Waals surface area contributed by atoms with E-state index in [0.29, 0.717) is 12.5 Å². The number of ether oxygens (including phenoxy) is 2. The van der Waals surface area contributed by atoms with Gasteiger partial charge in [-0.25, -0.2) is 0 Å². The molecule has 0 aromatic heterocycles. The molecule has 1 aromatic rings. The van der Waals surface area contributed by atoms with Crippen LogP contribution >= 0.6 is 0 Å². The third-order valence-electron chi connectivity index (χ3n) is 3.05. The number of benzene rings is 1. The van der Waals surface area contributed by atoms with Gasteiger partial charge in [0.1, 0.15) is 0 Å². The molecular weight excluding hydrogens is 214 g/mol. The second-order valence-corrected chi connectivity index (χ2v) is 4.74. The normalized spacial score (nSPS) is 14.8. The highest BCUT2D eigenvalue weighted by Gasteiger charge is 2.16. The molecule has 17 heavy (non-hydrogen) atoms. The topological polar surface area (TPSA) is 44.5 Å². The summed E-state index contributed by atoms with van der Waals surface area (Å²) in [5.74, 6) is 2.23. The highest BCUT2D eigenvalue weighted by Crippen LogP contribution is 2.35. The average molecular weight is 235 g/mol. The van der Waals surface area contributed by atoms with Gasteiger partial charge in [0.25, 0.3) is 0 Å². The van der Waals surface area contributed by atoms with Gasteiger partial charge in [0, 0.05) is 6.42 Å². The lowest BCUT2D eigenvalue weighted by molar-refractivity contribution is 0.297. The summed E-state index contributed by atoms with van der Waals surface area (Å²) in [5.41, 5.74) is 8.27. The van der Waals surface area contributed by atoms with E-state index in [1.165, 1.54) is 11.1 Å². The van der Waals surface area contributed by atoms with Crippen LogP contribution in [0.1, 0.15) is 37.3 Å². The molecule has 3 heteroatoms. The summed E-state index contributed by atoms with van der Waals surface area (Å²) in [6, 6.07) is 4.22. The third-order valence-corrected chi connectivity index (χ3v) is 3.05. The SMILES string of the molecule is CC(C)c1cc2c(cc1CCN)OCCCO2. The Morgan fingerprint density at radius 3 is 2.41 bits per heavy atom. The molecule has 2 N–H and O–H groups in total. The molecule has 0 fully saturated rings. The summed E-state index contributed by atoms with van der Waals surface area (Å²) in [7, 11) is 0. The second kappa shape index (κ2) is 5.41. The van der Waals surface area contributed by atoms with Crippen LogP contribution in [0.5, 0.6) is 11.5 Å². The molecule has 1 aromatic carbocycles. The van der Waals surface area contributed by atoms with Crippen molar-refractivity contribution in [2.45, 2.75) is 32.6 Å². The van der Waals surface area contributed by atoms with E-state index in [2.05, 4.69) is 26.0 Å². The molecule has 0 atom stereocenters. The van der Waals surface area contributed by atoms with E-state index in [9.17, 15) is 0 Å². The first-order valence-corrected chi connectivity index (χ1v) is 6.35. The predicted molar refractivity (Wildman–Crippen MR) is 68.9 cm³/mol. The molecule has 0 saturated heterocycles. The zero-order valence-electron chi connectivity index (χ0n) is 10.7. The van der Waals surface area contributed by atoms with Crippen LogP contribution in [0, 0.1) is 0 Å². The van der Waals surface area contributed by atoms with Crippen LogP contribution < -0.4 is 15.2 Å². The Kier molecular flexibility index (Phi) is 3.89. The van der Waals surface area contributed by atoms with Crippen molar-refractivity contribution >= 4 is 0 Å². The number of rotatable bonds is 3.